The van der Waals surface area contributed by atoms with Gasteiger partial charge in [0.25, 0.3) is 0 Å². The molecule has 0 saturated carbocycles. The van der Waals surface area contributed by atoms with Gasteiger partial charge in [0.1, 0.15) is 5.75 Å². The third-order valence-corrected chi connectivity index (χ3v) is 4.66. The van der Waals surface area contributed by atoms with E-state index in [9.17, 15) is 13.2 Å². The molecule has 0 aliphatic rings. The maximum atomic E-state index is 11.7. The molecule has 0 atom stereocenters. The Morgan fingerprint density at radius 1 is 1.31 bits per heavy atom. The van der Waals surface area contributed by atoms with Gasteiger partial charge in [-0.15, -0.1) is 0 Å². The van der Waals surface area contributed by atoms with E-state index in [-0.39, 0.29) is 10.6 Å². The van der Waals surface area contributed by atoms with Crippen molar-refractivity contribution in [3.8, 4) is 0 Å². The molecule has 0 unspecified atom stereocenters. The molecule has 0 aliphatic heterocycles. The molecule has 1 rings (SSSR count). The number of carbonyl (C=O) groups is 1. The molecule has 3 nitrogen and oxygen atoms in total. The number of hydrogen-bond donors (Lipinski definition) is 0. The van der Waals surface area contributed by atoms with Crippen molar-refractivity contribution in [2.45, 2.75) is 19.1 Å². The number of benzene rings is 1. The Labute approximate surface area is 100 Å². The Balaban J connectivity index is 2.94. The SMILES string of the molecule is CC(C)S(=O)(=O)CC(=O)c1ccccc1Cl. The van der Waals surface area contributed by atoms with Crippen LogP contribution in [0.2, 0.25) is 5.02 Å². The third kappa shape index (κ3) is 3.06. The molecular formula is C11H13ClO3S. The van der Waals surface area contributed by atoms with Crippen LogP contribution < -0.4 is 0 Å². The molecule has 0 heterocycles. The number of Topliss-reactive ketones (excluding diaryl/α,β-unsaturated/α-hetero) is 1. The van der Waals surface area contributed by atoms with Crippen LogP contribution in [0.1, 0.15) is 24.2 Å². The van der Waals surface area contributed by atoms with Crippen molar-refractivity contribution >= 4 is 27.2 Å². The van der Waals surface area contributed by atoms with E-state index in [1.54, 1.807) is 32.0 Å². The zero-order chi connectivity index (χ0) is 12.3. The first-order valence-corrected chi connectivity index (χ1v) is 6.93. The number of hydrogen-bond acceptors (Lipinski definition) is 3. The molecule has 0 spiro atoms. The number of carbonyl (C=O) groups excluding carboxylic acids is 1. The molecule has 16 heavy (non-hydrogen) atoms. The second kappa shape index (κ2) is 4.97. The second-order valence-electron chi connectivity index (χ2n) is 3.76. The van der Waals surface area contributed by atoms with Crippen molar-refractivity contribution in [2.75, 3.05) is 5.75 Å². The highest BCUT2D eigenvalue weighted by molar-refractivity contribution is 7.92. The predicted molar refractivity (Wildman–Crippen MR) is 64.7 cm³/mol. The molecule has 0 bridgehead atoms. The minimum atomic E-state index is -3.37. The van der Waals surface area contributed by atoms with Gasteiger partial charge in [0.2, 0.25) is 0 Å². The summed E-state index contributed by atoms with van der Waals surface area (Å²) in [5.74, 6) is -0.951. The number of sulfone groups is 1. The molecule has 0 saturated heterocycles. The minimum absolute atomic E-state index is 0.258. The highest BCUT2D eigenvalue weighted by atomic mass is 35.5. The van der Waals surface area contributed by atoms with Crippen molar-refractivity contribution in [3.05, 3.63) is 34.9 Å². The van der Waals surface area contributed by atoms with E-state index >= 15 is 0 Å². The Kier molecular flexibility index (Phi) is 4.10. The van der Waals surface area contributed by atoms with Gasteiger partial charge in [-0.3, -0.25) is 4.79 Å². The van der Waals surface area contributed by atoms with E-state index in [1.807, 2.05) is 0 Å². The van der Waals surface area contributed by atoms with Crippen molar-refractivity contribution in [1.82, 2.24) is 0 Å². The quantitative estimate of drug-likeness (QED) is 0.781. The smallest absolute Gasteiger partial charge is 0.179 e. The van der Waals surface area contributed by atoms with Gasteiger partial charge < -0.3 is 0 Å². The maximum Gasteiger partial charge on any atom is 0.179 e. The van der Waals surface area contributed by atoms with E-state index in [2.05, 4.69) is 0 Å². The molecular weight excluding hydrogens is 248 g/mol. The first-order valence-electron chi connectivity index (χ1n) is 4.84. The lowest BCUT2D eigenvalue weighted by Crippen LogP contribution is -2.23. The first-order chi connectivity index (χ1) is 7.34. The van der Waals surface area contributed by atoms with Gasteiger partial charge >= 0.3 is 0 Å². The first kappa shape index (κ1) is 13.2. The minimum Gasteiger partial charge on any atom is -0.293 e. The largest absolute Gasteiger partial charge is 0.293 e. The Morgan fingerprint density at radius 2 is 1.88 bits per heavy atom. The number of ketones is 1. The summed E-state index contributed by atoms with van der Waals surface area (Å²) in [7, 11) is -3.37. The molecule has 1 aromatic rings. The molecule has 0 fully saturated rings. The summed E-state index contributed by atoms with van der Waals surface area (Å²) in [6.45, 7) is 3.10. The lowest BCUT2D eigenvalue weighted by Gasteiger charge is -2.07. The molecule has 0 aromatic heterocycles. The van der Waals surface area contributed by atoms with Crippen LogP contribution >= 0.6 is 11.6 Å². The summed E-state index contributed by atoms with van der Waals surface area (Å²) < 4.78 is 23.1. The maximum absolute atomic E-state index is 11.7. The highest BCUT2D eigenvalue weighted by Crippen LogP contribution is 2.16. The second-order valence-corrected chi connectivity index (χ2v) is 6.72. The standard InChI is InChI=1S/C11H13ClO3S/c1-8(2)16(14,15)7-11(13)9-5-3-4-6-10(9)12/h3-6,8H,7H2,1-2H3. The molecule has 0 radical (unpaired) electrons. The van der Waals surface area contributed by atoms with Gasteiger partial charge in [-0.1, -0.05) is 23.7 Å². The van der Waals surface area contributed by atoms with Gasteiger partial charge in [-0.2, -0.15) is 0 Å². The predicted octanol–water partition coefficient (Wildman–Crippen LogP) is 2.35. The molecule has 88 valence electrons. The zero-order valence-electron chi connectivity index (χ0n) is 9.10. The summed E-state index contributed by atoms with van der Waals surface area (Å²) in [5.41, 5.74) is 0.258. The summed E-state index contributed by atoms with van der Waals surface area (Å²) in [5, 5.41) is -0.273. The van der Waals surface area contributed by atoms with Crippen molar-refractivity contribution < 1.29 is 13.2 Å². The Morgan fingerprint density at radius 3 is 2.38 bits per heavy atom. The molecule has 0 aliphatic carbocycles. The van der Waals surface area contributed by atoms with Crippen molar-refractivity contribution in [3.63, 3.8) is 0 Å². The monoisotopic (exact) mass is 260 g/mol. The van der Waals surface area contributed by atoms with Crippen LogP contribution in [0.5, 0.6) is 0 Å². The zero-order valence-corrected chi connectivity index (χ0v) is 10.7. The summed E-state index contributed by atoms with van der Waals surface area (Å²) >= 11 is 5.81. The van der Waals surface area contributed by atoms with Crippen molar-refractivity contribution in [1.29, 1.82) is 0 Å². The van der Waals surface area contributed by atoms with E-state index in [1.165, 1.54) is 6.07 Å². The fraction of sp³-hybridized carbons (Fsp3) is 0.364. The molecule has 5 heteroatoms. The number of rotatable bonds is 4. The molecule has 0 amide bonds. The van der Waals surface area contributed by atoms with Crippen LogP contribution in [0.3, 0.4) is 0 Å². The normalized spacial score (nSPS) is 11.8. The van der Waals surface area contributed by atoms with Crippen LogP contribution in [0.4, 0.5) is 0 Å². The number of halogens is 1. The summed E-state index contributed by atoms with van der Waals surface area (Å²) in [6, 6.07) is 6.44. The van der Waals surface area contributed by atoms with E-state index in [4.69, 9.17) is 11.6 Å². The lowest BCUT2D eigenvalue weighted by atomic mass is 10.1. The van der Waals surface area contributed by atoms with Crippen LogP contribution in [-0.4, -0.2) is 25.2 Å². The topological polar surface area (TPSA) is 51.2 Å². The third-order valence-electron chi connectivity index (χ3n) is 2.22. The van der Waals surface area contributed by atoms with Crippen LogP contribution in [-0.2, 0) is 9.84 Å². The average molecular weight is 261 g/mol. The fourth-order valence-corrected chi connectivity index (χ4v) is 2.21. The Bertz CT molecular complexity index is 492. The van der Waals surface area contributed by atoms with Gasteiger partial charge in [0.15, 0.2) is 15.6 Å². The van der Waals surface area contributed by atoms with Crippen LogP contribution in [0, 0.1) is 0 Å². The Hall–Kier alpha value is -0.870. The van der Waals surface area contributed by atoms with Crippen molar-refractivity contribution in [2.24, 2.45) is 0 Å². The van der Waals surface area contributed by atoms with Gasteiger partial charge in [0, 0.05) is 5.56 Å². The molecule has 1 aromatic carbocycles. The van der Waals surface area contributed by atoms with Gasteiger partial charge in [-0.05, 0) is 26.0 Å². The van der Waals surface area contributed by atoms with Crippen LogP contribution in [0.25, 0.3) is 0 Å². The lowest BCUT2D eigenvalue weighted by molar-refractivity contribution is 0.102. The van der Waals surface area contributed by atoms with Crippen LogP contribution in [0.15, 0.2) is 24.3 Å². The summed E-state index contributed by atoms with van der Waals surface area (Å²) in [4.78, 5) is 11.7. The van der Waals surface area contributed by atoms with Gasteiger partial charge in [-0.25, -0.2) is 8.42 Å². The van der Waals surface area contributed by atoms with Gasteiger partial charge in [0.05, 0.1) is 10.3 Å². The highest BCUT2D eigenvalue weighted by Gasteiger charge is 2.22. The average Bonchev–Trinajstić information content (AvgIpc) is 2.17. The summed E-state index contributed by atoms with van der Waals surface area (Å²) in [6.07, 6.45) is 0. The fourth-order valence-electron chi connectivity index (χ4n) is 1.11. The van der Waals surface area contributed by atoms with E-state index < -0.39 is 26.6 Å². The molecule has 0 N–H and O–H groups in total. The van der Waals surface area contributed by atoms with E-state index in [0.717, 1.165) is 0 Å². The van der Waals surface area contributed by atoms with E-state index in [0.29, 0.717) is 0 Å².